The molecule has 0 aliphatic carbocycles. The van der Waals surface area contributed by atoms with E-state index in [-0.39, 0.29) is 5.56 Å². The smallest absolute Gasteiger partial charge is 0.328 e. The molecule has 6 heteroatoms. The molecule has 0 bridgehead atoms. The number of nitrogens with one attached hydrogen (secondary N) is 1. The molecule has 1 N–H and O–H groups in total. The van der Waals surface area contributed by atoms with Crippen LogP contribution >= 0.6 is 15.9 Å². The molecule has 0 heterocycles. The molecule has 0 aromatic heterocycles. The van der Waals surface area contributed by atoms with Gasteiger partial charge in [0.05, 0.1) is 7.11 Å². The van der Waals surface area contributed by atoms with E-state index in [1.807, 2.05) is 24.3 Å². The van der Waals surface area contributed by atoms with Crippen LogP contribution in [-0.2, 0) is 16.0 Å². The van der Waals surface area contributed by atoms with Crippen molar-refractivity contribution in [2.75, 3.05) is 7.11 Å². The molecule has 120 valence electrons. The largest absolute Gasteiger partial charge is 0.467 e. The van der Waals surface area contributed by atoms with E-state index >= 15 is 0 Å². The van der Waals surface area contributed by atoms with Gasteiger partial charge >= 0.3 is 5.97 Å². The second kappa shape index (κ2) is 7.87. The van der Waals surface area contributed by atoms with Crippen LogP contribution in [0.15, 0.2) is 53.0 Å². The first kappa shape index (κ1) is 17.1. The minimum atomic E-state index is -0.821. The molecule has 0 fully saturated rings. The Bertz CT molecular complexity index is 686. The van der Waals surface area contributed by atoms with Gasteiger partial charge in [0, 0.05) is 16.5 Å². The van der Waals surface area contributed by atoms with Crippen molar-refractivity contribution in [3.05, 3.63) is 69.9 Å². The first-order valence-electron chi connectivity index (χ1n) is 6.88. The summed E-state index contributed by atoms with van der Waals surface area (Å²) in [7, 11) is 1.26. The number of halogens is 2. The van der Waals surface area contributed by atoms with E-state index in [4.69, 9.17) is 4.74 Å². The molecule has 0 spiro atoms. The third-order valence-electron chi connectivity index (χ3n) is 3.25. The van der Waals surface area contributed by atoms with Crippen molar-refractivity contribution in [1.82, 2.24) is 5.32 Å². The average Bonchev–Trinajstić information content (AvgIpc) is 2.56. The van der Waals surface area contributed by atoms with E-state index in [2.05, 4.69) is 21.2 Å². The maximum Gasteiger partial charge on any atom is 0.328 e. The van der Waals surface area contributed by atoms with Crippen molar-refractivity contribution in [3.8, 4) is 0 Å². The fraction of sp³-hybridized carbons (Fsp3) is 0.176. The van der Waals surface area contributed by atoms with Gasteiger partial charge in [-0.1, -0.05) is 28.1 Å². The number of rotatable bonds is 5. The molecule has 2 aromatic carbocycles. The number of hydrogen-bond donors (Lipinski definition) is 1. The summed E-state index contributed by atoms with van der Waals surface area (Å²) in [5.74, 6) is -1.43. The van der Waals surface area contributed by atoms with Gasteiger partial charge in [0.25, 0.3) is 5.91 Å². The highest BCUT2D eigenvalue weighted by Crippen LogP contribution is 2.13. The second-order valence-electron chi connectivity index (χ2n) is 4.89. The average molecular weight is 380 g/mol. The SMILES string of the molecule is COC(=O)[C@H](Cc1ccc(Br)cc1)NC(=O)c1ccc(F)cc1. The van der Waals surface area contributed by atoms with Crippen LogP contribution in [-0.4, -0.2) is 25.0 Å². The number of amides is 1. The minimum Gasteiger partial charge on any atom is -0.467 e. The van der Waals surface area contributed by atoms with Crippen LogP contribution in [0.1, 0.15) is 15.9 Å². The quantitative estimate of drug-likeness (QED) is 0.812. The molecule has 0 radical (unpaired) electrons. The lowest BCUT2D eigenvalue weighted by Gasteiger charge is -2.16. The maximum atomic E-state index is 12.9. The van der Waals surface area contributed by atoms with Crippen LogP contribution < -0.4 is 5.32 Å². The van der Waals surface area contributed by atoms with Crippen LogP contribution in [0.25, 0.3) is 0 Å². The van der Waals surface area contributed by atoms with Gasteiger partial charge in [0.15, 0.2) is 0 Å². The maximum absolute atomic E-state index is 12.9. The zero-order valence-electron chi connectivity index (χ0n) is 12.4. The summed E-state index contributed by atoms with van der Waals surface area (Å²) in [4.78, 5) is 24.1. The molecule has 23 heavy (non-hydrogen) atoms. The van der Waals surface area contributed by atoms with E-state index in [9.17, 15) is 14.0 Å². The lowest BCUT2D eigenvalue weighted by molar-refractivity contribution is -0.142. The summed E-state index contributed by atoms with van der Waals surface area (Å²) in [6.45, 7) is 0. The monoisotopic (exact) mass is 379 g/mol. The van der Waals surface area contributed by atoms with Crippen molar-refractivity contribution < 1.29 is 18.7 Å². The lowest BCUT2D eigenvalue weighted by atomic mass is 10.1. The number of ether oxygens (including phenoxy) is 1. The fourth-order valence-corrected chi connectivity index (χ4v) is 2.30. The Morgan fingerprint density at radius 1 is 1.13 bits per heavy atom. The van der Waals surface area contributed by atoms with Crippen LogP contribution in [0.5, 0.6) is 0 Å². The fourth-order valence-electron chi connectivity index (χ4n) is 2.03. The standard InChI is InChI=1S/C17H15BrFNO3/c1-23-17(22)15(10-11-2-6-13(18)7-3-11)20-16(21)12-4-8-14(19)9-5-12/h2-9,15H,10H2,1H3,(H,20,21)/t15-/m0/s1. The predicted octanol–water partition coefficient (Wildman–Crippen LogP) is 3.10. The first-order chi connectivity index (χ1) is 11.0. The van der Waals surface area contributed by atoms with Gasteiger partial charge in [-0.15, -0.1) is 0 Å². The van der Waals surface area contributed by atoms with Gasteiger partial charge in [-0.05, 0) is 42.0 Å². The summed E-state index contributed by atoms with van der Waals surface area (Å²) in [6.07, 6.45) is 0.299. The lowest BCUT2D eigenvalue weighted by Crippen LogP contribution is -2.43. The number of carbonyl (C=O) groups is 2. The van der Waals surface area contributed by atoms with Crippen molar-refractivity contribution >= 4 is 27.8 Å². The van der Waals surface area contributed by atoms with Gasteiger partial charge in [0.1, 0.15) is 11.9 Å². The number of esters is 1. The first-order valence-corrected chi connectivity index (χ1v) is 7.67. The van der Waals surface area contributed by atoms with Crippen LogP contribution in [0.3, 0.4) is 0 Å². The van der Waals surface area contributed by atoms with Crippen molar-refractivity contribution in [2.24, 2.45) is 0 Å². The Morgan fingerprint density at radius 2 is 1.74 bits per heavy atom. The number of carbonyl (C=O) groups excluding carboxylic acids is 2. The Morgan fingerprint density at radius 3 is 2.30 bits per heavy atom. The van der Waals surface area contributed by atoms with E-state index in [1.165, 1.54) is 31.4 Å². The Balaban J connectivity index is 2.12. The minimum absolute atomic E-state index is 0.274. The molecule has 0 aliphatic rings. The molecule has 0 saturated carbocycles. The zero-order chi connectivity index (χ0) is 16.8. The van der Waals surface area contributed by atoms with Crippen LogP contribution in [0.2, 0.25) is 0 Å². The van der Waals surface area contributed by atoms with Gasteiger partial charge in [0.2, 0.25) is 0 Å². The summed E-state index contributed by atoms with van der Waals surface area (Å²) in [5, 5.41) is 2.62. The van der Waals surface area contributed by atoms with E-state index < -0.39 is 23.7 Å². The van der Waals surface area contributed by atoms with Gasteiger partial charge in [-0.25, -0.2) is 9.18 Å². The van der Waals surface area contributed by atoms with Crippen molar-refractivity contribution in [1.29, 1.82) is 0 Å². The summed E-state index contributed by atoms with van der Waals surface area (Å²) in [5.41, 5.74) is 1.15. The highest BCUT2D eigenvalue weighted by Gasteiger charge is 2.22. The molecule has 1 amide bonds. The number of benzene rings is 2. The van der Waals surface area contributed by atoms with Crippen LogP contribution in [0.4, 0.5) is 4.39 Å². The summed E-state index contributed by atoms with van der Waals surface area (Å²) >= 11 is 3.34. The Hall–Kier alpha value is -2.21. The van der Waals surface area contributed by atoms with E-state index in [0.717, 1.165) is 10.0 Å². The predicted molar refractivity (Wildman–Crippen MR) is 87.5 cm³/mol. The van der Waals surface area contributed by atoms with Gasteiger partial charge in [-0.2, -0.15) is 0 Å². The summed E-state index contributed by atoms with van der Waals surface area (Å²) in [6, 6.07) is 11.7. The molecule has 0 saturated heterocycles. The Kier molecular flexibility index (Phi) is 5.87. The number of methoxy groups -OCH3 is 1. The van der Waals surface area contributed by atoms with E-state index in [1.54, 1.807) is 0 Å². The van der Waals surface area contributed by atoms with Gasteiger partial charge < -0.3 is 10.1 Å². The van der Waals surface area contributed by atoms with Gasteiger partial charge in [-0.3, -0.25) is 4.79 Å². The van der Waals surface area contributed by atoms with Crippen molar-refractivity contribution in [3.63, 3.8) is 0 Å². The van der Waals surface area contributed by atoms with Crippen LogP contribution in [0, 0.1) is 5.82 Å². The molecule has 1 atom stereocenters. The van der Waals surface area contributed by atoms with E-state index in [0.29, 0.717) is 6.42 Å². The summed E-state index contributed by atoms with van der Waals surface area (Å²) < 4.78 is 18.6. The number of hydrogen-bond acceptors (Lipinski definition) is 3. The molecule has 0 unspecified atom stereocenters. The topological polar surface area (TPSA) is 55.4 Å². The molecule has 0 aliphatic heterocycles. The third kappa shape index (κ3) is 4.89. The highest BCUT2D eigenvalue weighted by atomic mass is 79.9. The normalized spacial score (nSPS) is 11.6. The molecular formula is C17H15BrFNO3. The molecular weight excluding hydrogens is 365 g/mol. The zero-order valence-corrected chi connectivity index (χ0v) is 14.0. The Labute approximate surface area is 141 Å². The molecule has 4 nitrogen and oxygen atoms in total. The van der Waals surface area contributed by atoms with Crippen molar-refractivity contribution in [2.45, 2.75) is 12.5 Å². The third-order valence-corrected chi connectivity index (χ3v) is 3.78. The second-order valence-corrected chi connectivity index (χ2v) is 5.80. The highest BCUT2D eigenvalue weighted by molar-refractivity contribution is 9.10. The molecule has 2 aromatic rings. The molecule has 2 rings (SSSR count).